The van der Waals surface area contributed by atoms with Gasteiger partial charge in [0.2, 0.25) is 0 Å². The van der Waals surface area contributed by atoms with Crippen molar-refractivity contribution in [2.24, 2.45) is 7.05 Å². The molecule has 0 saturated heterocycles. The number of halogens is 2. The van der Waals surface area contributed by atoms with Crippen LogP contribution >= 0.6 is 11.6 Å². The summed E-state index contributed by atoms with van der Waals surface area (Å²) in [5.74, 6) is -0.249. The summed E-state index contributed by atoms with van der Waals surface area (Å²) in [5, 5.41) is 11.4. The molecule has 200 valence electrons. The van der Waals surface area contributed by atoms with E-state index < -0.39 is 21.7 Å². The summed E-state index contributed by atoms with van der Waals surface area (Å²) < 4.78 is 44.7. The van der Waals surface area contributed by atoms with Crippen LogP contribution in [0.3, 0.4) is 0 Å². The van der Waals surface area contributed by atoms with Crippen LogP contribution < -0.4 is 14.9 Å². The van der Waals surface area contributed by atoms with Crippen LogP contribution in [0.2, 0.25) is 5.02 Å². The number of sulfonamides is 1. The van der Waals surface area contributed by atoms with Crippen molar-refractivity contribution in [2.75, 3.05) is 29.0 Å². The number of amides is 1. The van der Waals surface area contributed by atoms with Crippen molar-refractivity contribution in [3.63, 3.8) is 0 Å². The van der Waals surface area contributed by atoms with E-state index in [1.54, 1.807) is 30.3 Å². The molecule has 12 nitrogen and oxygen atoms in total. The van der Waals surface area contributed by atoms with Crippen molar-refractivity contribution in [3.8, 4) is 5.95 Å². The van der Waals surface area contributed by atoms with Gasteiger partial charge in [0.05, 0.1) is 28.6 Å². The molecule has 0 aliphatic rings. The summed E-state index contributed by atoms with van der Waals surface area (Å²) in [6, 6.07) is 10.2. The Kier molecular flexibility index (Phi) is 6.66. The minimum absolute atomic E-state index is 0.0968. The predicted molar refractivity (Wildman–Crippen MR) is 144 cm³/mol. The molecular formula is C24H21ClFN9O3S. The van der Waals surface area contributed by atoms with Gasteiger partial charge in [0, 0.05) is 38.4 Å². The molecular weight excluding hydrogens is 549 g/mol. The zero-order valence-electron chi connectivity index (χ0n) is 20.8. The standard InChI is InChI=1S/C24H21ClFN9O3S/c1-33(2)21-8-9-27-24(30-21)35-13-16(12-28-35)39(37,38)32-15-4-6-17-20(11-15)31-34(3)22(17)23(36)29-14-5-7-19(26)18(25)10-14/h4-13,32H,1-3H3,(H,29,36). The number of hydrogen-bond donors (Lipinski definition) is 2. The molecule has 15 heteroatoms. The quantitative estimate of drug-likeness (QED) is 0.304. The lowest BCUT2D eigenvalue weighted by Crippen LogP contribution is -2.16. The molecule has 5 aromatic rings. The Morgan fingerprint density at radius 3 is 2.62 bits per heavy atom. The van der Waals surface area contributed by atoms with E-state index >= 15 is 0 Å². The number of nitrogens with one attached hydrogen (secondary N) is 2. The van der Waals surface area contributed by atoms with Crippen molar-refractivity contribution in [1.29, 1.82) is 0 Å². The summed E-state index contributed by atoms with van der Waals surface area (Å²) in [5.41, 5.74) is 1.15. The van der Waals surface area contributed by atoms with Crippen molar-refractivity contribution < 1.29 is 17.6 Å². The van der Waals surface area contributed by atoms with E-state index in [9.17, 15) is 17.6 Å². The lowest BCUT2D eigenvalue weighted by molar-refractivity contribution is 0.101. The number of aromatic nitrogens is 6. The molecule has 0 spiro atoms. The molecule has 0 bridgehead atoms. The Morgan fingerprint density at radius 1 is 1.10 bits per heavy atom. The van der Waals surface area contributed by atoms with Gasteiger partial charge in [0.1, 0.15) is 22.2 Å². The van der Waals surface area contributed by atoms with Gasteiger partial charge < -0.3 is 10.2 Å². The number of anilines is 3. The predicted octanol–water partition coefficient (Wildman–Crippen LogP) is 3.46. The molecule has 0 aliphatic heterocycles. The average molecular weight is 570 g/mol. The Labute approximate surface area is 227 Å². The molecule has 0 radical (unpaired) electrons. The Hall–Kier alpha value is -4.56. The van der Waals surface area contributed by atoms with Crippen LogP contribution in [0.1, 0.15) is 10.5 Å². The molecule has 39 heavy (non-hydrogen) atoms. The highest BCUT2D eigenvalue weighted by molar-refractivity contribution is 7.92. The minimum Gasteiger partial charge on any atom is -0.363 e. The first kappa shape index (κ1) is 26.1. The van der Waals surface area contributed by atoms with Crippen LogP contribution in [0.4, 0.5) is 21.6 Å². The number of benzene rings is 2. The SMILES string of the molecule is CN(C)c1ccnc(-n2cc(S(=O)(=O)Nc3ccc4c(C(=O)Nc5ccc(F)c(Cl)c5)n(C)nc4c3)cn2)n1. The number of fused-ring (bicyclic) bond motifs is 1. The summed E-state index contributed by atoms with van der Waals surface area (Å²) in [6.07, 6.45) is 4.05. The maximum absolute atomic E-state index is 13.4. The molecule has 0 saturated carbocycles. The minimum atomic E-state index is -4.02. The third kappa shape index (κ3) is 5.24. The van der Waals surface area contributed by atoms with Gasteiger partial charge in [0.25, 0.3) is 21.9 Å². The summed E-state index contributed by atoms with van der Waals surface area (Å²) in [7, 11) is 1.21. The normalized spacial score (nSPS) is 11.5. The fourth-order valence-electron chi connectivity index (χ4n) is 3.76. The first-order chi connectivity index (χ1) is 18.5. The Morgan fingerprint density at radius 2 is 1.87 bits per heavy atom. The molecule has 3 heterocycles. The van der Waals surface area contributed by atoms with Gasteiger partial charge >= 0.3 is 0 Å². The number of hydrogen-bond acceptors (Lipinski definition) is 8. The third-order valence-electron chi connectivity index (χ3n) is 5.64. The largest absolute Gasteiger partial charge is 0.363 e. The second-order valence-corrected chi connectivity index (χ2v) is 10.7. The van der Waals surface area contributed by atoms with Crippen molar-refractivity contribution in [1.82, 2.24) is 29.5 Å². The van der Waals surface area contributed by atoms with Crippen LogP contribution in [0.15, 0.2) is 66.0 Å². The van der Waals surface area contributed by atoms with Crippen LogP contribution in [-0.4, -0.2) is 57.9 Å². The lowest BCUT2D eigenvalue weighted by atomic mass is 10.2. The van der Waals surface area contributed by atoms with Gasteiger partial charge in [-0.15, -0.1) is 0 Å². The van der Waals surface area contributed by atoms with E-state index in [-0.39, 0.29) is 27.2 Å². The highest BCUT2D eigenvalue weighted by Crippen LogP contribution is 2.26. The zero-order chi connectivity index (χ0) is 27.9. The van der Waals surface area contributed by atoms with Crippen LogP contribution in [0.5, 0.6) is 0 Å². The van der Waals surface area contributed by atoms with Crippen LogP contribution in [-0.2, 0) is 17.1 Å². The number of nitrogens with zero attached hydrogens (tertiary/aromatic N) is 7. The van der Waals surface area contributed by atoms with Gasteiger partial charge in [-0.3, -0.25) is 14.2 Å². The zero-order valence-corrected chi connectivity index (χ0v) is 22.4. The molecule has 2 aromatic carbocycles. The number of rotatable bonds is 7. The Bertz CT molecular complexity index is 1840. The van der Waals surface area contributed by atoms with E-state index in [1.807, 2.05) is 14.1 Å². The van der Waals surface area contributed by atoms with Crippen LogP contribution in [0.25, 0.3) is 16.9 Å². The molecule has 5 rings (SSSR count). The topological polar surface area (TPSA) is 140 Å². The van der Waals surface area contributed by atoms with E-state index in [0.717, 1.165) is 6.07 Å². The highest BCUT2D eigenvalue weighted by atomic mass is 35.5. The number of aryl methyl sites for hydroxylation is 1. The summed E-state index contributed by atoms with van der Waals surface area (Å²) in [6.45, 7) is 0. The highest BCUT2D eigenvalue weighted by Gasteiger charge is 2.21. The van der Waals surface area contributed by atoms with E-state index in [2.05, 4.69) is 30.2 Å². The fourth-order valence-corrected chi connectivity index (χ4v) is 4.92. The first-order valence-corrected chi connectivity index (χ1v) is 13.2. The van der Waals surface area contributed by atoms with Gasteiger partial charge in [0.15, 0.2) is 0 Å². The van der Waals surface area contributed by atoms with Crippen molar-refractivity contribution in [2.45, 2.75) is 4.90 Å². The maximum Gasteiger partial charge on any atom is 0.274 e. The smallest absolute Gasteiger partial charge is 0.274 e. The van der Waals surface area contributed by atoms with Gasteiger partial charge in [-0.1, -0.05) is 11.6 Å². The van der Waals surface area contributed by atoms with Crippen molar-refractivity contribution in [3.05, 3.63) is 77.6 Å². The van der Waals surface area contributed by atoms with E-state index in [4.69, 9.17) is 11.6 Å². The maximum atomic E-state index is 13.4. The summed E-state index contributed by atoms with van der Waals surface area (Å²) >= 11 is 5.80. The van der Waals surface area contributed by atoms with Gasteiger partial charge in [-0.2, -0.15) is 15.2 Å². The molecule has 3 aromatic heterocycles. The fraction of sp³-hybridized carbons (Fsp3) is 0.125. The molecule has 2 N–H and O–H groups in total. The van der Waals surface area contributed by atoms with E-state index in [0.29, 0.717) is 22.4 Å². The first-order valence-electron chi connectivity index (χ1n) is 11.3. The van der Waals surface area contributed by atoms with Crippen molar-refractivity contribution >= 4 is 55.6 Å². The molecule has 0 fully saturated rings. The Balaban J connectivity index is 1.37. The molecule has 0 unspecified atom stereocenters. The van der Waals surface area contributed by atoms with Gasteiger partial charge in [-0.05, 0) is 42.5 Å². The number of carbonyl (C=O) groups excluding carboxylic acids is 1. The molecule has 0 aliphatic carbocycles. The lowest BCUT2D eigenvalue weighted by Gasteiger charge is -2.11. The second-order valence-electron chi connectivity index (χ2n) is 8.62. The monoisotopic (exact) mass is 569 g/mol. The van der Waals surface area contributed by atoms with Gasteiger partial charge in [-0.25, -0.2) is 22.5 Å². The second kappa shape index (κ2) is 9.96. The average Bonchev–Trinajstić information content (AvgIpc) is 3.51. The van der Waals surface area contributed by atoms with Crippen LogP contribution in [0, 0.1) is 5.82 Å². The molecule has 0 atom stereocenters. The summed E-state index contributed by atoms with van der Waals surface area (Å²) in [4.78, 5) is 23.1. The third-order valence-corrected chi connectivity index (χ3v) is 7.26. The number of carbonyl (C=O) groups is 1. The molecule has 1 amide bonds. The van der Waals surface area contributed by atoms with E-state index in [1.165, 1.54) is 46.0 Å².